The summed E-state index contributed by atoms with van der Waals surface area (Å²) in [5, 5.41) is 0. The second-order valence-electron chi connectivity index (χ2n) is 7.20. The van der Waals surface area contributed by atoms with Gasteiger partial charge in [0, 0.05) is 6.42 Å². The number of amides is 1. The van der Waals surface area contributed by atoms with E-state index >= 15 is 0 Å². The van der Waals surface area contributed by atoms with Gasteiger partial charge in [0.2, 0.25) is 0 Å². The molecule has 2 aromatic rings. The molecule has 0 atom stereocenters. The number of rotatable bonds is 5. The van der Waals surface area contributed by atoms with Crippen molar-refractivity contribution in [2.75, 3.05) is 6.73 Å². The molecule has 0 saturated heterocycles. The molecule has 0 bridgehead atoms. The first kappa shape index (κ1) is 19.7. The molecule has 1 heterocycles. The fourth-order valence-electron chi connectivity index (χ4n) is 3.14. The standard InChI is InChI=1S/C22H21F2NO3/c1-14-20(15-7-5-4-6-8-15)21(27)25(13-28-14)22(2,3)19(26)12-16-11-17(23)9-10-18(16)24/h4-11H,12-13H2,1-3H3. The van der Waals surface area contributed by atoms with E-state index in [9.17, 15) is 18.4 Å². The summed E-state index contributed by atoms with van der Waals surface area (Å²) in [5.41, 5.74) is -0.242. The maximum Gasteiger partial charge on any atom is 0.261 e. The van der Waals surface area contributed by atoms with Crippen molar-refractivity contribution in [2.45, 2.75) is 32.7 Å². The van der Waals surface area contributed by atoms with Gasteiger partial charge in [0.1, 0.15) is 17.4 Å². The highest BCUT2D eigenvalue weighted by atomic mass is 19.1. The van der Waals surface area contributed by atoms with Gasteiger partial charge in [-0.25, -0.2) is 8.78 Å². The molecule has 1 aliphatic rings. The molecule has 3 rings (SSSR count). The van der Waals surface area contributed by atoms with Gasteiger partial charge in [0.25, 0.3) is 5.91 Å². The van der Waals surface area contributed by atoms with E-state index in [1.165, 1.54) is 4.90 Å². The third-order valence-corrected chi connectivity index (χ3v) is 5.00. The normalized spacial score (nSPS) is 14.9. The van der Waals surface area contributed by atoms with Crippen molar-refractivity contribution in [3.8, 4) is 0 Å². The lowest BCUT2D eigenvalue weighted by Gasteiger charge is -2.40. The van der Waals surface area contributed by atoms with Crippen LogP contribution in [-0.4, -0.2) is 28.9 Å². The minimum absolute atomic E-state index is 0.0431. The van der Waals surface area contributed by atoms with Crippen LogP contribution in [0.2, 0.25) is 0 Å². The molecule has 0 spiro atoms. The molecule has 1 amide bonds. The average Bonchev–Trinajstić information content (AvgIpc) is 2.65. The van der Waals surface area contributed by atoms with Crippen molar-refractivity contribution in [3.63, 3.8) is 0 Å². The minimum atomic E-state index is -1.27. The van der Waals surface area contributed by atoms with Crippen molar-refractivity contribution in [1.29, 1.82) is 0 Å². The van der Waals surface area contributed by atoms with Crippen molar-refractivity contribution in [2.24, 2.45) is 0 Å². The largest absolute Gasteiger partial charge is 0.477 e. The zero-order valence-electron chi connectivity index (χ0n) is 16.0. The number of benzene rings is 2. The zero-order chi connectivity index (χ0) is 20.5. The highest BCUT2D eigenvalue weighted by Gasteiger charge is 2.42. The number of carbonyl (C=O) groups excluding carboxylic acids is 2. The van der Waals surface area contributed by atoms with Crippen LogP contribution < -0.4 is 0 Å². The van der Waals surface area contributed by atoms with Crippen LogP contribution in [-0.2, 0) is 20.7 Å². The summed E-state index contributed by atoms with van der Waals surface area (Å²) >= 11 is 0. The molecule has 146 valence electrons. The Kier molecular flexibility index (Phi) is 5.31. The number of hydrogen-bond acceptors (Lipinski definition) is 3. The van der Waals surface area contributed by atoms with Crippen LogP contribution in [0.5, 0.6) is 0 Å². The van der Waals surface area contributed by atoms with Crippen LogP contribution in [0.3, 0.4) is 0 Å². The maximum absolute atomic E-state index is 13.9. The van der Waals surface area contributed by atoms with Crippen LogP contribution in [0.25, 0.3) is 5.57 Å². The Bertz CT molecular complexity index is 952. The van der Waals surface area contributed by atoms with E-state index in [2.05, 4.69) is 0 Å². The molecule has 4 nitrogen and oxygen atoms in total. The first-order valence-electron chi connectivity index (χ1n) is 8.90. The van der Waals surface area contributed by atoms with E-state index in [0.717, 1.165) is 18.2 Å². The third-order valence-electron chi connectivity index (χ3n) is 5.00. The van der Waals surface area contributed by atoms with Gasteiger partial charge in [-0.05, 0) is 50.1 Å². The molecule has 0 aromatic heterocycles. The summed E-state index contributed by atoms with van der Waals surface area (Å²) in [6, 6.07) is 12.0. The van der Waals surface area contributed by atoms with Crippen molar-refractivity contribution in [3.05, 3.63) is 77.1 Å². The Hall–Kier alpha value is -3.02. The van der Waals surface area contributed by atoms with Crippen molar-refractivity contribution >= 4 is 17.3 Å². The van der Waals surface area contributed by atoms with E-state index in [4.69, 9.17) is 4.74 Å². The number of Topliss-reactive ketones (excluding diaryl/α,β-unsaturated/α-hetero) is 1. The summed E-state index contributed by atoms with van der Waals surface area (Å²) in [4.78, 5) is 27.4. The summed E-state index contributed by atoms with van der Waals surface area (Å²) in [6.45, 7) is 4.77. The molecule has 0 N–H and O–H groups in total. The van der Waals surface area contributed by atoms with Crippen LogP contribution in [0.15, 0.2) is 54.3 Å². The summed E-state index contributed by atoms with van der Waals surface area (Å²) < 4.78 is 33.0. The Balaban J connectivity index is 1.88. The second kappa shape index (κ2) is 7.54. The fourth-order valence-corrected chi connectivity index (χ4v) is 3.14. The lowest BCUT2D eigenvalue weighted by molar-refractivity contribution is -0.148. The first-order valence-corrected chi connectivity index (χ1v) is 8.90. The minimum Gasteiger partial charge on any atom is -0.477 e. The third kappa shape index (κ3) is 3.67. The van der Waals surface area contributed by atoms with E-state index in [0.29, 0.717) is 16.9 Å². The molecular weight excluding hydrogens is 364 g/mol. The highest BCUT2D eigenvalue weighted by molar-refractivity contribution is 6.21. The quantitative estimate of drug-likeness (QED) is 0.778. The lowest BCUT2D eigenvalue weighted by Crippen LogP contribution is -2.56. The Morgan fingerprint density at radius 2 is 1.82 bits per heavy atom. The van der Waals surface area contributed by atoms with E-state index < -0.39 is 23.0 Å². The predicted octanol–water partition coefficient (Wildman–Crippen LogP) is 4.10. The monoisotopic (exact) mass is 385 g/mol. The number of nitrogens with zero attached hydrogens (tertiary/aromatic N) is 1. The van der Waals surface area contributed by atoms with Gasteiger partial charge in [-0.1, -0.05) is 30.3 Å². The molecule has 2 aromatic carbocycles. The van der Waals surface area contributed by atoms with E-state index in [1.807, 2.05) is 18.2 Å². The number of ether oxygens (including phenoxy) is 1. The molecule has 28 heavy (non-hydrogen) atoms. The van der Waals surface area contributed by atoms with Crippen LogP contribution >= 0.6 is 0 Å². The van der Waals surface area contributed by atoms with Gasteiger partial charge in [0.05, 0.1) is 11.1 Å². The Morgan fingerprint density at radius 3 is 2.50 bits per heavy atom. The van der Waals surface area contributed by atoms with Crippen molar-refractivity contribution < 1.29 is 23.1 Å². The molecule has 0 saturated carbocycles. The van der Waals surface area contributed by atoms with Gasteiger partial charge >= 0.3 is 0 Å². The van der Waals surface area contributed by atoms with E-state index in [1.54, 1.807) is 32.9 Å². The molecule has 6 heteroatoms. The number of hydrogen-bond donors (Lipinski definition) is 0. The Labute approximate surface area is 162 Å². The summed E-state index contributed by atoms with van der Waals surface area (Å²) in [7, 11) is 0. The topological polar surface area (TPSA) is 46.6 Å². The van der Waals surface area contributed by atoms with Crippen LogP contribution in [0.4, 0.5) is 8.78 Å². The van der Waals surface area contributed by atoms with Gasteiger partial charge in [-0.15, -0.1) is 0 Å². The smallest absolute Gasteiger partial charge is 0.261 e. The van der Waals surface area contributed by atoms with Gasteiger partial charge in [0.15, 0.2) is 12.5 Å². The van der Waals surface area contributed by atoms with Gasteiger partial charge < -0.3 is 4.74 Å². The molecular formula is C22H21F2NO3. The molecule has 1 aliphatic heterocycles. The van der Waals surface area contributed by atoms with Crippen LogP contribution in [0, 0.1) is 11.6 Å². The zero-order valence-corrected chi connectivity index (χ0v) is 16.0. The SMILES string of the molecule is CC1=C(c2ccccc2)C(=O)N(C(C)(C)C(=O)Cc2cc(F)ccc2F)CO1. The molecule has 0 unspecified atom stereocenters. The molecule has 0 fully saturated rings. The number of carbonyl (C=O) groups is 2. The second-order valence-corrected chi connectivity index (χ2v) is 7.20. The van der Waals surface area contributed by atoms with Crippen molar-refractivity contribution in [1.82, 2.24) is 4.90 Å². The summed E-state index contributed by atoms with van der Waals surface area (Å²) in [5.74, 6) is -1.56. The number of allylic oxidation sites excluding steroid dienone is 1. The van der Waals surface area contributed by atoms with Crippen LogP contribution in [0.1, 0.15) is 31.9 Å². The first-order chi connectivity index (χ1) is 13.2. The summed E-state index contributed by atoms with van der Waals surface area (Å²) in [6.07, 6.45) is -0.330. The lowest BCUT2D eigenvalue weighted by atomic mass is 9.90. The maximum atomic E-state index is 13.9. The molecule has 0 radical (unpaired) electrons. The fraction of sp³-hybridized carbons (Fsp3) is 0.273. The Morgan fingerprint density at radius 1 is 1.14 bits per heavy atom. The van der Waals surface area contributed by atoms with E-state index in [-0.39, 0.29) is 24.6 Å². The van der Waals surface area contributed by atoms with Gasteiger partial charge in [-0.2, -0.15) is 0 Å². The predicted molar refractivity (Wildman–Crippen MR) is 101 cm³/mol. The molecule has 0 aliphatic carbocycles. The number of ketones is 1. The highest BCUT2D eigenvalue weighted by Crippen LogP contribution is 2.31. The number of halogens is 2. The average molecular weight is 385 g/mol. The van der Waals surface area contributed by atoms with Gasteiger partial charge in [-0.3, -0.25) is 14.5 Å².